The van der Waals surface area contributed by atoms with Gasteiger partial charge in [-0.15, -0.1) is 0 Å². The summed E-state index contributed by atoms with van der Waals surface area (Å²) in [6, 6.07) is 7.05. The third-order valence-corrected chi connectivity index (χ3v) is 2.96. The van der Waals surface area contributed by atoms with E-state index in [9.17, 15) is 13.2 Å². The molecule has 2 rings (SSSR count). The highest BCUT2D eigenvalue weighted by molar-refractivity contribution is 5.47. The van der Waals surface area contributed by atoms with Crippen molar-refractivity contribution < 1.29 is 13.2 Å². The molecule has 0 unspecified atom stereocenters. The lowest BCUT2D eigenvalue weighted by Crippen LogP contribution is -2.06. The summed E-state index contributed by atoms with van der Waals surface area (Å²) in [5.41, 5.74) is 7.37. The highest BCUT2D eigenvalue weighted by Crippen LogP contribution is 2.30. The van der Waals surface area contributed by atoms with Gasteiger partial charge in [0.05, 0.1) is 5.56 Å². The molecule has 100 valence electrons. The Balaban J connectivity index is 2.34. The maximum absolute atomic E-state index is 12.6. The van der Waals surface area contributed by atoms with Crippen LogP contribution in [0.2, 0.25) is 0 Å². The van der Waals surface area contributed by atoms with Crippen LogP contribution in [0.5, 0.6) is 0 Å². The van der Waals surface area contributed by atoms with Crippen LogP contribution in [0.3, 0.4) is 0 Å². The molecule has 0 aliphatic heterocycles. The molecule has 0 saturated heterocycles. The van der Waals surface area contributed by atoms with Crippen LogP contribution in [-0.2, 0) is 12.6 Å². The van der Waals surface area contributed by atoms with Gasteiger partial charge < -0.3 is 5.73 Å². The van der Waals surface area contributed by atoms with Crippen LogP contribution in [0.25, 0.3) is 0 Å². The van der Waals surface area contributed by atoms with Gasteiger partial charge in [0.15, 0.2) is 0 Å². The molecule has 0 amide bonds. The number of anilines is 1. The Kier molecular flexibility index (Phi) is 3.46. The second-order valence-electron chi connectivity index (χ2n) is 4.37. The first-order chi connectivity index (χ1) is 8.88. The van der Waals surface area contributed by atoms with Crippen LogP contribution in [0.15, 0.2) is 36.5 Å². The van der Waals surface area contributed by atoms with Crippen molar-refractivity contribution in [3.63, 3.8) is 0 Å². The lowest BCUT2D eigenvalue weighted by Gasteiger charge is -2.11. The number of pyridine rings is 1. The minimum atomic E-state index is -4.33. The molecular weight excluding hydrogens is 253 g/mol. The first-order valence-electron chi connectivity index (χ1n) is 5.74. The Morgan fingerprint density at radius 1 is 1.21 bits per heavy atom. The van der Waals surface area contributed by atoms with Gasteiger partial charge in [0.25, 0.3) is 0 Å². The number of aryl methyl sites for hydroxylation is 1. The van der Waals surface area contributed by atoms with Crippen molar-refractivity contribution in [2.24, 2.45) is 0 Å². The predicted molar refractivity (Wildman–Crippen MR) is 67.6 cm³/mol. The average molecular weight is 266 g/mol. The van der Waals surface area contributed by atoms with Crippen molar-refractivity contribution in [1.29, 1.82) is 0 Å². The third-order valence-electron chi connectivity index (χ3n) is 2.96. The standard InChI is InChI=1S/C14H13F3N2/c1-9-5-6-19-13(18)12(9)8-10-3-2-4-11(7-10)14(15,16)17/h2-7H,8H2,1H3,(H2,18,19). The zero-order chi connectivity index (χ0) is 14.0. The number of benzene rings is 1. The molecule has 0 saturated carbocycles. The molecule has 2 N–H and O–H groups in total. The van der Waals surface area contributed by atoms with Crippen LogP contribution in [0.1, 0.15) is 22.3 Å². The van der Waals surface area contributed by atoms with Crippen molar-refractivity contribution >= 4 is 5.82 Å². The van der Waals surface area contributed by atoms with E-state index in [0.29, 0.717) is 17.8 Å². The molecule has 1 heterocycles. The van der Waals surface area contributed by atoms with Gasteiger partial charge in [0.2, 0.25) is 0 Å². The van der Waals surface area contributed by atoms with E-state index in [1.54, 1.807) is 18.3 Å². The summed E-state index contributed by atoms with van der Waals surface area (Å²) in [6.45, 7) is 1.86. The highest BCUT2D eigenvalue weighted by Gasteiger charge is 2.30. The molecule has 0 radical (unpaired) electrons. The summed E-state index contributed by atoms with van der Waals surface area (Å²) in [7, 11) is 0. The fraction of sp³-hybridized carbons (Fsp3) is 0.214. The van der Waals surface area contributed by atoms with Crippen molar-refractivity contribution in [2.75, 3.05) is 5.73 Å². The van der Waals surface area contributed by atoms with Gasteiger partial charge in [-0.1, -0.05) is 18.2 Å². The molecule has 19 heavy (non-hydrogen) atoms. The molecule has 5 heteroatoms. The summed E-state index contributed by atoms with van der Waals surface area (Å²) in [6.07, 6.45) is -2.40. The van der Waals surface area contributed by atoms with Gasteiger partial charge >= 0.3 is 6.18 Å². The van der Waals surface area contributed by atoms with Gasteiger partial charge in [0.1, 0.15) is 5.82 Å². The number of alkyl halides is 3. The van der Waals surface area contributed by atoms with E-state index in [1.807, 2.05) is 6.92 Å². The minimum Gasteiger partial charge on any atom is -0.383 e. The summed E-state index contributed by atoms with van der Waals surface area (Å²) in [5.74, 6) is 0.359. The summed E-state index contributed by atoms with van der Waals surface area (Å²) >= 11 is 0. The molecule has 0 aliphatic rings. The molecule has 2 aromatic rings. The van der Waals surface area contributed by atoms with Gasteiger partial charge in [-0.25, -0.2) is 4.98 Å². The van der Waals surface area contributed by atoms with Crippen LogP contribution >= 0.6 is 0 Å². The lowest BCUT2D eigenvalue weighted by molar-refractivity contribution is -0.137. The van der Waals surface area contributed by atoms with Crippen molar-refractivity contribution in [3.8, 4) is 0 Å². The van der Waals surface area contributed by atoms with Crippen LogP contribution < -0.4 is 5.73 Å². The topological polar surface area (TPSA) is 38.9 Å². The second-order valence-corrected chi connectivity index (χ2v) is 4.37. The van der Waals surface area contributed by atoms with Crippen LogP contribution in [0.4, 0.5) is 19.0 Å². The van der Waals surface area contributed by atoms with E-state index in [0.717, 1.165) is 23.3 Å². The molecule has 0 spiro atoms. The molecule has 0 atom stereocenters. The van der Waals surface area contributed by atoms with Crippen molar-refractivity contribution in [3.05, 3.63) is 58.8 Å². The van der Waals surface area contributed by atoms with E-state index in [4.69, 9.17) is 5.73 Å². The molecule has 2 nitrogen and oxygen atoms in total. The number of hydrogen-bond acceptors (Lipinski definition) is 2. The molecule has 0 fully saturated rings. The zero-order valence-corrected chi connectivity index (χ0v) is 10.3. The fourth-order valence-corrected chi connectivity index (χ4v) is 1.90. The number of aromatic nitrogens is 1. The van der Waals surface area contributed by atoms with E-state index in [-0.39, 0.29) is 0 Å². The normalized spacial score (nSPS) is 11.6. The van der Waals surface area contributed by atoms with Gasteiger partial charge in [0, 0.05) is 18.2 Å². The quantitative estimate of drug-likeness (QED) is 0.902. The maximum atomic E-state index is 12.6. The molecule has 1 aromatic carbocycles. The monoisotopic (exact) mass is 266 g/mol. The Morgan fingerprint density at radius 3 is 2.58 bits per heavy atom. The summed E-state index contributed by atoms with van der Waals surface area (Å²) < 4.78 is 37.9. The van der Waals surface area contributed by atoms with E-state index in [1.165, 1.54) is 6.07 Å². The Labute approximate surface area is 109 Å². The number of halogens is 3. The SMILES string of the molecule is Cc1ccnc(N)c1Cc1cccc(C(F)(F)F)c1. The average Bonchev–Trinajstić information content (AvgIpc) is 2.33. The van der Waals surface area contributed by atoms with E-state index in [2.05, 4.69) is 4.98 Å². The van der Waals surface area contributed by atoms with Gasteiger partial charge in [-0.05, 0) is 30.2 Å². The Hall–Kier alpha value is -2.04. The molecular formula is C14H13F3N2. The van der Waals surface area contributed by atoms with Gasteiger partial charge in [-0.3, -0.25) is 0 Å². The summed E-state index contributed by atoms with van der Waals surface area (Å²) in [4.78, 5) is 3.96. The zero-order valence-electron chi connectivity index (χ0n) is 10.3. The molecule has 0 aliphatic carbocycles. The minimum absolute atomic E-state index is 0.343. The Morgan fingerprint density at radius 2 is 1.95 bits per heavy atom. The molecule has 0 bridgehead atoms. The third kappa shape index (κ3) is 3.05. The number of nitrogens with two attached hydrogens (primary N) is 1. The lowest BCUT2D eigenvalue weighted by atomic mass is 10.00. The van der Waals surface area contributed by atoms with E-state index >= 15 is 0 Å². The van der Waals surface area contributed by atoms with Crippen LogP contribution in [-0.4, -0.2) is 4.98 Å². The predicted octanol–water partition coefficient (Wildman–Crippen LogP) is 3.58. The van der Waals surface area contributed by atoms with Crippen molar-refractivity contribution in [2.45, 2.75) is 19.5 Å². The maximum Gasteiger partial charge on any atom is 0.416 e. The van der Waals surface area contributed by atoms with E-state index < -0.39 is 11.7 Å². The Bertz CT molecular complexity index is 571. The smallest absolute Gasteiger partial charge is 0.383 e. The number of nitrogen functional groups attached to an aromatic ring is 1. The largest absolute Gasteiger partial charge is 0.416 e. The highest BCUT2D eigenvalue weighted by atomic mass is 19.4. The number of rotatable bonds is 2. The number of nitrogens with zero attached hydrogens (tertiary/aromatic N) is 1. The second kappa shape index (κ2) is 4.91. The first-order valence-corrected chi connectivity index (χ1v) is 5.74. The fourth-order valence-electron chi connectivity index (χ4n) is 1.90. The van der Waals surface area contributed by atoms with Crippen molar-refractivity contribution in [1.82, 2.24) is 4.98 Å². The van der Waals surface area contributed by atoms with Crippen LogP contribution in [0, 0.1) is 6.92 Å². The summed E-state index contributed by atoms with van der Waals surface area (Å²) in [5, 5.41) is 0. The first kappa shape index (κ1) is 13.4. The molecule has 1 aromatic heterocycles. The van der Waals surface area contributed by atoms with Gasteiger partial charge in [-0.2, -0.15) is 13.2 Å². The number of hydrogen-bond donors (Lipinski definition) is 1.